The highest BCUT2D eigenvalue weighted by Gasteiger charge is 2.34. The maximum atomic E-state index is 13.5. The van der Waals surface area contributed by atoms with Gasteiger partial charge in [0.1, 0.15) is 5.17 Å². The smallest absolute Gasteiger partial charge is 0.379 e. The third-order valence-corrected chi connectivity index (χ3v) is 5.35. The van der Waals surface area contributed by atoms with Crippen LogP contribution in [0.1, 0.15) is 5.56 Å². The number of aromatic nitrogens is 1. The lowest BCUT2D eigenvalue weighted by molar-refractivity contribution is -0.137. The normalized spacial score (nSPS) is 19.0. The van der Waals surface area contributed by atoms with Crippen molar-refractivity contribution in [3.05, 3.63) is 58.9 Å². The monoisotopic (exact) mass is 357 g/mol. The largest absolute Gasteiger partial charge is 0.417 e. The molecule has 2 N–H and O–H groups in total. The number of pyridine rings is 1. The standard InChI is InChI=1S/C15H11ClF3N3S/c16-10-5-9(7-21-8-10)12-2-1-11(6-13(12)15(17,18)19)23-4-3-22-14(23)20/h1-8,23H,(H2,20,22). The number of nitrogens with two attached hydrogens (primary N) is 1. The van der Waals surface area contributed by atoms with Gasteiger partial charge in [-0.15, -0.1) is 10.9 Å². The highest BCUT2D eigenvalue weighted by Crippen LogP contribution is 2.45. The lowest BCUT2D eigenvalue weighted by atomic mass is 10.0. The molecule has 0 bridgehead atoms. The Morgan fingerprint density at radius 1 is 1.13 bits per heavy atom. The second-order valence-electron chi connectivity index (χ2n) is 4.77. The zero-order valence-electron chi connectivity index (χ0n) is 11.5. The summed E-state index contributed by atoms with van der Waals surface area (Å²) in [5, 5.41) is 2.34. The summed E-state index contributed by atoms with van der Waals surface area (Å²) in [7, 11) is -1.15. The van der Waals surface area contributed by atoms with Crippen molar-refractivity contribution < 1.29 is 13.2 Å². The molecule has 1 aromatic heterocycles. The molecule has 0 fully saturated rings. The highest BCUT2D eigenvalue weighted by atomic mass is 35.5. The van der Waals surface area contributed by atoms with Crippen molar-refractivity contribution in [2.45, 2.75) is 11.1 Å². The van der Waals surface area contributed by atoms with E-state index in [-0.39, 0.29) is 10.6 Å². The topological polar surface area (TPSA) is 51.3 Å². The van der Waals surface area contributed by atoms with Crippen molar-refractivity contribution in [1.82, 2.24) is 4.98 Å². The maximum Gasteiger partial charge on any atom is 0.417 e. The van der Waals surface area contributed by atoms with Crippen LogP contribution in [0.4, 0.5) is 13.2 Å². The number of hydrogen-bond donors (Lipinski definition) is 2. The van der Waals surface area contributed by atoms with Crippen molar-refractivity contribution in [3.63, 3.8) is 0 Å². The lowest BCUT2D eigenvalue weighted by Crippen LogP contribution is -2.11. The summed E-state index contributed by atoms with van der Waals surface area (Å²) in [4.78, 5) is 8.26. The van der Waals surface area contributed by atoms with Crippen LogP contribution < -0.4 is 5.73 Å². The summed E-state index contributed by atoms with van der Waals surface area (Å²) in [5.41, 5.74) is 5.35. The van der Waals surface area contributed by atoms with E-state index < -0.39 is 22.6 Å². The average Bonchev–Trinajstić information content (AvgIpc) is 2.92. The van der Waals surface area contributed by atoms with Crippen molar-refractivity contribution >= 4 is 27.7 Å². The number of halogens is 4. The predicted molar refractivity (Wildman–Crippen MR) is 87.7 cm³/mol. The van der Waals surface area contributed by atoms with E-state index in [1.165, 1.54) is 30.7 Å². The zero-order chi connectivity index (χ0) is 16.6. The molecule has 3 nitrogen and oxygen atoms in total. The van der Waals surface area contributed by atoms with E-state index in [2.05, 4.69) is 9.98 Å². The first-order valence-electron chi connectivity index (χ1n) is 6.47. The van der Waals surface area contributed by atoms with Crippen LogP contribution in [-0.2, 0) is 6.18 Å². The van der Waals surface area contributed by atoms with Crippen LogP contribution in [-0.4, -0.2) is 10.2 Å². The SMILES string of the molecule is NC1=NC=C[SH]1c1ccc(-c2cncc(Cl)c2)c(C(F)(F)F)c1. The Balaban J connectivity index is 2.14. The quantitative estimate of drug-likeness (QED) is 0.773. The van der Waals surface area contributed by atoms with Crippen molar-refractivity contribution in [2.75, 3.05) is 0 Å². The van der Waals surface area contributed by atoms with Crippen LogP contribution in [0.2, 0.25) is 5.02 Å². The molecule has 0 radical (unpaired) electrons. The fourth-order valence-corrected chi connectivity index (χ4v) is 3.92. The molecule has 120 valence electrons. The van der Waals surface area contributed by atoms with Crippen LogP contribution in [0.25, 0.3) is 11.1 Å². The Kier molecular flexibility index (Phi) is 4.08. The molecular formula is C15H11ClF3N3S. The van der Waals surface area contributed by atoms with Gasteiger partial charge in [0.25, 0.3) is 0 Å². The van der Waals surface area contributed by atoms with Crippen molar-refractivity contribution in [2.24, 2.45) is 10.7 Å². The van der Waals surface area contributed by atoms with Crippen molar-refractivity contribution in [3.8, 4) is 11.1 Å². The molecular weight excluding hydrogens is 347 g/mol. The molecule has 1 aliphatic heterocycles. The Bertz CT molecular complexity index is 818. The van der Waals surface area contributed by atoms with Gasteiger partial charge in [-0.1, -0.05) is 17.7 Å². The minimum Gasteiger partial charge on any atom is -0.379 e. The number of hydrogen-bond acceptors (Lipinski definition) is 3. The van der Waals surface area contributed by atoms with Gasteiger partial charge in [0.05, 0.1) is 10.6 Å². The highest BCUT2D eigenvalue weighted by molar-refractivity contribution is 8.32. The van der Waals surface area contributed by atoms with Gasteiger partial charge in [0.2, 0.25) is 0 Å². The first kappa shape index (κ1) is 15.9. The van der Waals surface area contributed by atoms with Gasteiger partial charge in [-0.05, 0) is 34.1 Å². The number of benzene rings is 1. The molecule has 1 aromatic carbocycles. The molecule has 1 aliphatic rings. The van der Waals surface area contributed by atoms with Crippen LogP contribution >= 0.6 is 22.5 Å². The third-order valence-electron chi connectivity index (χ3n) is 3.27. The van der Waals surface area contributed by atoms with Crippen LogP contribution in [0.3, 0.4) is 0 Å². The molecule has 2 aromatic rings. The molecule has 1 atom stereocenters. The van der Waals surface area contributed by atoms with E-state index in [0.717, 1.165) is 6.07 Å². The van der Waals surface area contributed by atoms with Gasteiger partial charge in [-0.2, -0.15) is 13.2 Å². The number of alkyl halides is 3. The Hall–Kier alpha value is -1.99. The van der Waals surface area contributed by atoms with E-state index >= 15 is 0 Å². The Labute approximate surface area is 138 Å². The number of thiol groups is 1. The molecule has 23 heavy (non-hydrogen) atoms. The first-order valence-corrected chi connectivity index (χ1v) is 8.26. The lowest BCUT2D eigenvalue weighted by Gasteiger charge is -2.18. The minimum absolute atomic E-state index is 0.0323. The molecule has 8 heteroatoms. The Morgan fingerprint density at radius 3 is 2.52 bits per heavy atom. The van der Waals surface area contributed by atoms with Gasteiger partial charge in [0, 0.05) is 24.2 Å². The van der Waals surface area contributed by atoms with Gasteiger partial charge in [-0.25, -0.2) is 4.99 Å². The van der Waals surface area contributed by atoms with Crippen LogP contribution in [0.15, 0.2) is 58.2 Å². The summed E-state index contributed by atoms with van der Waals surface area (Å²) in [6, 6.07) is 5.64. The molecule has 0 spiro atoms. The minimum atomic E-state index is -4.50. The fourth-order valence-electron chi connectivity index (χ4n) is 2.26. The third kappa shape index (κ3) is 3.20. The van der Waals surface area contributed by atoms with Gasteiger partial charge >= 0.3 is 6.18 Å². The molecule has 0 saturated carbocycles. The average molecular weight is 358 g/mol. The number of nitrogens with zero attached hydrogens (tertiary/aromatic N) is 2. The zero-order valence-corrected chi connectivity index (χ0v) is 13.2. The van der Waals surface area contributed by atoms with E-state index in [4.69, 9.17) is 17.3 Å². The molecule has 0 saturated heterocycles. The van der Waals surface area contributed by atoms with E-state index in [1.54, 1.807) is 11.5 Å². The van der Waals surface area contributed by atoms with E-state index in [9.17, 15) is 13.2 Å². The Morgan fingerprint density at radius 2 is 1.91 bits per heavy atom. The summed E-state index contributed by atoms with van der Waals surface area (Å²) >= 11 is 5.83. The maximum absolute atomic E-state index is 13.5. The van der Waals surface area contributed by atoms with E-state index in [1.807, 2.05) is 0 Å². The fraction of sp³-hybridized carbons (Fsp3) is 0.0667. The summed E-state index contributed by atoms with van der Waals surface area (Å²) in [6.45, 7) is 0. The molecule has 3 rings (SSSR count). The van der Waals surface area contributed by atoms with Gasteiger partial charge in [0.15, 0.2) is 0 Å². The van der Waals surface area contributed by atoms with Gasteiger partial charge in [-0.3, -0.25) is 4.98 Å². The second kappa shape index (κ2) is 5.90. The van der Waals surface area contributed by atoms with Crippen LogP contribution in [0.5, 0.6) is 0 Å². The van der Waals surface area contributed by atoms with Crippen molar-refractivity contribution in [1.29, 1.82) is 0 Å². The first-order chi connectivity index (χ1) is 10.9. The molecule has 0 aliphatic carbocycles. The molecule has 1 unspecified atom stereocenters. The molecule has 2 heterocycles. The predicted octanol–water partition coefficient (Wildman–Crippen LogP) is 4.58. The number of aliphatic imine (C=N–C) groups is 1. The summed E-state index contributed by atoms with van der Waals surface area (Å²) < 4.78 is 40.4. The summed E-state index contributed by atoms with van der Waals surface area (Å²) in [6.07, 6.45) is -0.259. The number of amidine groups is 1. The molecule has 0 amide bonds. The van der Waals surface area contributed by atoms with E-state index in [0.29, 0.717) is 15.6 Å². The van der Waals surface area contributed by atoms with Crippen LogP contribution in [0, 0.1) is 0 Å². The van der Waals surface area contributed by atoms with Gasteiger partial charge < -0.3 is 5.73 Å². The summed E-state index contributed by atoms with van der Waals surface area (Å²) in [5.74, 6) is 0. The number of rotatable bonds is 2. The second-order valence-corrected chi connectivity index (χ2v) is 7.22.